The standard InChI is InChI=1S/C6H11F3N2O/c1-5(11,6(7,8)9)3-2-4(10)12/h2-3,11H2,1H3,(H2,10,12). The van der Waals surface area contributed by atoms with Crippen LogP contribution in [0.1, 0.15) is 19.8 Å². The minimum Gasteiger partial charge on any atom is -0.370 e. The third kappa shape index (κ3) is 3.08. The summed E-state index contributed by atoms with van der Waals surface area (Å²) in [7, 11) is 0. The molecule has 0 aromatic heterocycles. The maximum Gasteiger partial charge on any atom is 0.406 e. The zero-order valence-corrected chi connectivity index (χ0v) is 6.61. The number of amides is 1. The highest BCUT2D eigenvalue weighted by atomic mass is 19.4. The molecule has 0 aliphatic rings. The van der Waals surface area contributed by atoms with Gasteiger partial charge in [-0.05, 0) is 13.3 Å². The maximum absolute atomic E-state index is 12.0. The van der Waals surface area contributed by atoms with Gasteiger partial charge in [-0.25, -0.2) is 0 Å². The normalized spacial score (nSPS) is 17.1. The van der Waals surface area contributed by atoms with E-state index in [2.05, 4.69) is 5.73 Å². The van der Waals surface area contributed by atoms with Crippen LogP contribution >= 0.6 is 0 Å². The molecule has 3 nitrogen and oxygen atoms in total. The molecule has 4 N–H and O–H groups in total. The van der Waals surface area contributed by atoms with Crippen LogP contribution < -0.4 is 11.5 Å². The molecule has 0 aliphatic heterocycles. The Bertz CT molecular complexity index is 176. The molecule has 6 heteroatoms. The van der Waals surface area contributed by atoms with Gasteiger partial charge in [0.15, 0.2) is 0 Å². The van der Waals surface area contributed by atoms with Crippen LogP contribution in [-0.2, 0) is 4.79 Å². The smallest absolute Gasteiger partial charge is 0.370 e. The average Bonchev–Trinajstić information content (AvgIpc) is 1.81. The molecular weight excluding hydrogens is 173 g/mol. The summed E-state index contributed by atoms with van der Waals surface area (Å²) in [6.07, 6.45) is -5.33. The summed E-state index contributed by atoms with van der Waals surface area (Å²) in [5, 5.41) is 0. The van der Waals surface area contributed by atoms with Gasteiger partial charge in [-0.3, -0.25) is 4.79 Å². The minimum atomic E-state index is -4.50. The van der Waals surface area contributed by atoms with Gasteiger partial charge in [-0.2, -0.15) is 13.2 Å². The largest absolute Gasteiger partial charge is 0.406 e. The van der Waals surface area contributed by atoms with E-state index in [-0.39, 0.29) is 6.42 Å². The van der Waals surface area contributed by atoms with Crippen molar-refractivity contribution < 1.29 is 18.0 Å². The van der Waals surface area contributed by atoms with E-state index in [1.165, 1.54) is 0 Å². The highest BCUT2D eigenvalue weighted by Crippen LogP contribution is 2.31. The number of carbonyl (C=O) groups is 1. The second-order valence-corrected chi connectivity index (χ2v) is 2.88. The molecular formula is C6H11F3N2O. The Morgan fingerprint density at radius 1 is 1.42 bits per heavy atom. The Kier molecular flexibility index (Phi) is 3.09. The monoisotopic (exact) mass is 184 g/mol. The molecule has 0 rings (SSSR count). The third-order valence-corrected chi connectivity index (χ3v) is 1.54. The lowest BCUT2D eigenvalue weighted by atomic mass is 9.96. The topological polar surface area (TPSA) is 69.1 Å². The fourth-order valence-corrected chi connectivity index (χ4v) is 0.525. The summed E-state index contributed by atoms with van der Waals surface area (Å²) in [6.45, 7) is 0.829. The van der Waals surface area contributed by atoms with Gasteiger partial charge in [0.05, 0.1) is 0 Å². The van der Waals surface area contributed by atoms with Crippen molar-refractivity contribution >= 4 is 5.91 Å². The first kappa shape index (κ1) is 11.2. The van der Waals surface area contributed by atoms with Crippen molar-refractivity contribution in [3.05, 3.63) is 0 Å². The van der Waals surface area contributed by atoms with Gasteiger partial charge >= 0.3 is 6.18 Å². The summed E-state index contributed by atoms with van der Waals surface area (Å²) in [5.74, 6) is -0.782. The number of carbonyl (C=O) groups excluding carboxylic acids is 1. The van der Waals surface area contributed by atoms with Crippen molar-refractivity contribution in [2.75, 3.05) is 0 Å². The molecule has 0 heterocycles. The first-order chi connectivity index (χ1) is 5.17. The molecule has 1 unspecified atom stereocenters. The van der Waals surface area contributed by atoms with Crippen LogP contribution in [0.15, 0.2) is 0 Å². The van der Waals surface area contributed by atoms with Crippen LogP contribution in [0, 0.1) is 0 Å². The molecule has 0 aromatic rings. The van der Waals surface area contributed by atoms with E-state index in [0.29, 0.717) is 0 Å². The van der Waals surface area contributed by atoms with Crippen LogP contribution in [0.2, 0.25) is 0 Å². The van der Waals surface area contributed by atoms with Crippen molar-refractivity contribution in [2.45, 2.75) is 31.5 Å². The lowest BCUT2D eigenvalue weighted by molar-refractivity contribution is -0.182. The van der Waals surface area contributed by atoms with Gasteiger partial charge in [0.2, 0.25) is 5.91 Å². The number of hydrogen-bond acceptors (Lipinski definition) is 2. The lowest BCUT2D eigenvalue weighted by Crippen LogP contribution is -2.51. The number of hydrogen-bond donors (Lipinski definition) is 2. The zero-order chi connectivity index (χ0) is 9.99. The first-order valence-electron chi connectivity index (χ1n) is 3.31. The van der Waals surface area contributed by atoms with Crippen LogP contribution in [0.5, 0.6) is 0 Å². The highest BCUT2D eigenvalue weighted by Gasteiger charge is 2.47. The number of nitrogens with two attached hydrogens (primary N) is 2. The Morgan fingerprint density at radius 3 is 2.08 bits per heavy atom. The Morgan fingerprint density at radius 2 is 1.83 bits per heavy atom. The van der Waals surface area contributed by atoms with E-state index in [0.717, 1.165) is 6.92 Å². The molecule has 1 atom stereocenters. The summed E-state index contributed by atoms with van der Waals surface area (Å²) in [4.78, 5) is 10.2. The Labute approximate surface area is 67.9 Å². The fraction of sp³-hybridized carbons (Fsp3) is 0.833. The van der Waals surface area contributed by atoms with Crippen LogP contribution in [-0.4, -0.2) is 17.6 Å². The van der Waals surface area contributed by atoms with E-state index < -0.39 is 24.0 Å². The average molecular weight is 184 g/mol. The van der Waals surface area contributed by atoms with Gasteiger partial charge < -0.3 is 11.5 Å². The molecule has 0 fully saturated rings. The molecule has 0 bridgehead atoms. The molecule has 72 valence electrons. The second-order valence-electron chi connectivity index (χ2n) is 2.88. The molecule has 1 amide bonds. The third-order valence-electron chi connectivity index (χ3n) is 1.54. The molecule has 12 heavy (non-hydrogen) atoms. The van der Waals surface area contributed by atoms with Gasteiger partial charge in [0.1, 0.15) is 5.54 Å². The molecule has 0 saturated heterocycles. The van der Waals surface area contributed by atoms with E-state index in [1.807, 2.05) is 0 Å². The fourth-order valence-electron chi connectivity index (χ4n) is 0.525. The van der Waals surface area contributed by atoms with E-state index in [4.69, 9.17) is 5.73 Å². The van der Waals surface area contributed by atoms with Crippen molar-refractivity contribution in [1.29, 1.82) is 0 Å². The Balaban J connectivity index is 4.14. The van der Waals surface area contributed by atoms with Crippen LogP contribution in [0.3, 0.4) is 0 Å². The van der Waals surface area contributed by atoms with Gasteiger partial charge in [-0.1, -0.05) is 0 Å². The predicted octanol–water partition coefficient (Wildman–Crippen LogP) is 0.532. The predicted molar refractivity (Wildman–Crippen MR) is 37.1 cm³/mol. The highest BCUT2D eigenvalue weighted by molar-refractivity contribution is 5.73. The number of alkyl halides is 3. The van der Waals surface area contributed by atoms with Gasteiger partial charge in [0.25, 0.3) is 0 Å². The maximum atomic E-state index is 12.0. The van der Waals surface area contributed by atoms with Crippen molar-refractivity contribution in [3.8, 4) is 0 Å². The Hall–Kier alpha value is -0.780. The molecule has 0 saturated carbocycles. The van der Waals surface area contributed by atoms with Crippen LogP contribution in [0.4, 0.5) is 13.2 Å². The van der Waals surface area contributed by atoms with Crippen molar-refractivity contribution in [1.82, 2.24) is 0 Å². The van der Waals surface area contributed by atoms with Gasteiger partial charge in [-0.15, -0.1) is 0 Å². The zero-order valence-electron chi connectivity index (χ0n) is 6.61. The SMILES string of the molecule is CC(N)(CCC(N)=O)C(F)(F)F. The van der Waals surface area contributed by atoms with Crippen LogP contribution in [0.25, 0.3) is 0 Å². The lowest BCUT2D eigenvalue weighted by Gasteiger charge is -2.26. The summed E-state index contributed by atoms with van der Waals surface area (Å²) >= 11 is 0. The first-order valence-corrected chi connectivity index (χ1v) is 3.31. The second kappa shape index (κ2) is 3.30. The van der Waals surface area contributed by atoms with Crippen molar-refractivity contribution in [3.63, 3.8) is 0 Å². The summed E-state index contributed by atoms with van der Waals surface area (Å²) in [6, 6.07) is 0. The van der Waals surface area contributed by atoms with Gasteiger partial charge in [0, 0.05) is 6.42 Å². The number of halogens is 3. The van der Waals surface area contributed by atoms with E-state index >= 15 is 0 Å². The molecule has 0 radical (unpaired) electrons. The van der Waals surface area contributed by atoms with E-state index in [9.17, 15) is 18.0 Å². The summed E-state index contributed by atoms with van der Waals surface area (Å²) in [5.41, 5.74) is 7.26. The number of primary amides is 1. The quantitative estimate of drug-likeness (QED) is 0.671. The minimum absolute atomic E-state index is 0.355. The molecule has 0 aliphatic carbocycles. The summed E-state index contributed by atoms with van der Waals surface area (Å²) < 4.78 is 36.0. The molecule has 0 spiro atoms. The number of rotatable bonds is 3. The van der Waals surface area contributed by atoms with Crippen molar-refractivity contribution in [2.24, 2.45) is 11.5 Å². The van der Waals surface area contributed by atoms with E-state index in [1.54, 1.807) is 0 Å². The molecule has 0 aromatic carbocycles.